The van der Waals surface area contributed by atoms with Gasteiger partial charge in [-0.15, -0.1) is 0 Å². The number of rotatable bonds is 16. The Morgan fingerprint density at radius 3 is 1.52 bits per heavy atom. The Morgan fingerprint density at radius 2 is 1.02 bits per heavy atom. The maximum absolute atomic E-state index is 12.9. The molecule has 12 aliphatic rings. The van der Waals surface area contributed by atoms with Crippen LogP contribution in [-0.4, -0.2) is 118 Å². The minimum Gasteiger partial charge on any atom is -0.457 e. The number of fused-ring (bicyclic) bond motifs is 12. The predicted octanol–water partition coefficient (Wildman–Crippen LogP) is 15.7. The third-order valence-corrected chi connectivity index (χ3v) is 26.6. The number of piperazine rings is 2. The van der Waals surface area contributed by atoms with Crippen LogP contribution in [0.4, 0.5) is 11.4 Å². The van der Waals surface area contributed by atoms with E-state index in [9.17, 15) is 14.4 Å². The first-order chi connectivity index (χ1) is 43.9. The Hall–Kier alpha value is -5.53. The number of Topliss-reactive ketones (excluding diaryl/α,β-unsaturated/α-hetero) is 3. The summed E-state index contributed by atoms with van der Waals surface area (Å²) in [5.74, 6) is 9.90. The van der Waals surface area contributed by atoms with Crippen molar-refractivity contribution in [3.05, 3.63) is 84.4 Å². The molecule has 12 atom stereocenters. The van der Waals surface area contributed by atoms with Crippen LogP contribution in [0.5, 0.6) is 11.5 Å². The van der Waals surface area contributed by atoms with E-state index >= 15 is 0 Å². The van der Waals surface area contributed by atoms with Crippen molar-refractivity contribution >= 4 is 51.3 Å². The van der Waals surface area contributed by atoms with Crippen molar-refractivity contribution in [2.24, 2.45) is 79.3 Å². The van der Waals surface area contributed by atoms with Crippen molar-refractivity contribution in [1.82, 2.24) is 9.80 Å². The van der Waals surface area contributed by atoms with Gasteiger partial charge < -0.3 is 38.7 Å². The molecule has 13 heteroatoms. The van der Waals surface area contributed by atoms with Crippen molar-refractivity contribution in [2.75, 3.05) is 89.5 Å². The fourth-order valence-corrected chi connectivity index (χ4v) is 21.0. The molecule has 2 aromatic carbocycles. The molecule has 0 unspecified atom stereocenters. The van der Waals surface area contributed by atoms with Gasteiger partial charge in [-0.25, -0.2) is 0 Å². The lowest BCUT2D eigenvalue weighted by atomic mass is 9.45. The Morgan fingerprint density at radius 1 is 0.549 bits per heavy atom. The van der Waals surface area contributed by atoms with Gasteiger partial charge in [0.2, 0.25) is 0 Å². The molecule has 2 aromatic rings. The highest BCUT2D eigenvalue weighted by atomic mass is 16.6. The maximum atomic E-state index is 12.9. The van der Waals surface area contributed by atoms with Crippen LogP contribution >= 0.6 is 0 Å². The SMILES string of the molecule is C=C1C=C(CCCC(=O)CO/N=C2/CC[C@H]3[C@@H]4CC[C@H]5CC(=O)CC[C@]5(C)[C@H]4CC[C@]23C)c2ccc(N3CCN(C)CC3)cc2O1.C=C1C=C(CCCCCO/N=C2/CC[C@H]3[C@@H]4CC[C@H]5CC(=O)CC[C@]5(C)[C@H]4CC[C@]23C)c2ccc(N3CCN(C)CC3)cc2O1. The van der Waals surface area contributed by atoms with Gasteiger partial charge in [0.15, 0.2) is 12.4 Å². The molecule has 14 rings (SSSR count). The second-order valence-electron chi connectivity index (χ2n) is 31.6. The van der Waals surface area contributed by atoms with Crippen molar-refractivity contribution in [3.63, 3.8) is 0 Å². The third-order valence-electron chi connectivity index (χ3n) is 26.6. The molecule has 13 nitrogen and oxygen atoms in total. The van der Waals surface area contributed by atoms with Gasteiger partial charge >= 0.3 is 0 Å². The summed E-state index contributed by atoms with van der Waals surface area (Å²) in [6, 6.07) is 13.2. The lowest BCUT2D eigenvalue weighted by molar-refractivity contribution is -0.136. The normalized spacial score (nSPS) is 35.4. The van der Waals surface area contributed by atoms with Gasteiger partial charge in [0, 0.05) is 130 Å². The van der Waals surface area contributed by atoms with E-state index in [0.29, 0.717) is 58.9 Å². The number of carbonyl (C=O) groups is 3. The topological polar surface area (TPSA) is 126 Å². The molecule has 0 aromatic heterocycles. The second kappa shape index (κ2) is 26.7. The summed E-state index contributed by atoms with van der Waals surface area (Å²) in [4.78, 5) is 58.7. The van der Waals surface area contributed by atoms with E-state index in [1.807, 2.05) is 6.08 Å². The zero-order chi connectivity index (χ0) is 63.2. The first-order valence-electron chi connectivity index (χ1n) is 36.1. The molecule has 91 heavy (non-hydrogen) atoms. The molecule has 8 aliphatic carbocycles. The zero-order valence-corrected chi connectivity index (χ0v) is 56.4. The molecule has 0 spiro atoms. The van der Waals surface area contributed by atoms with Gasteiger partial charge in [0.05, 0.1) is 11.4 Å². The summed E-state index contributed by atoms with van der Waals surface area (Å²) in [6.45, 7) is 27.3. The zero-order valence-electron chi connectivity index (χ0n) is 56.4. The van der Waals surface area contributed by atoms with Gasteiger partial charge in [-0.2, -0.15) is 0 Å². The number of likely N-dealkylation sites (N-methyl/N-ethyl adjacent to an activating group) is 2. The number of ketones is 3. The number of hydrogen-bond acceptors (Lipinski definition) is 13. The van der Waals surface area contributed by atoms with Gasteiger partial charge in [-0.05, 0) is 248 Å². The number of carbonyl (C=O) groups excluding carboxylic acids is 3. The summed E-state index contributed by atoms with van der Waals surface area (Å²) in [5.41, 5.74) is 10.7. The third kappa shape index (κ3) is 13.0. The van der Waals surface area contributed by atoms with Gasteiger partial charge in [0.25, 0.3) is 0 Å². The van der Waals surface area contributed by atoms with Crippen LogP contribution in [-0.2, 0) is 24.1 Å². The number of unbranched alkanes of at least 4 members (excludes halogenated alkanes) is 2. The number of nitrogens with zero attached hydrogens (tertiary/aromatic N) is 6. The Labute approximate surface area is 544 Å². The highest BCUT2D eigenvalue weighted by molar-refractivity contribution is 5.93. The molecule has 0 N–H and O–H groups in total. The van der Waals surface area contributed by atoms with Crippen LogP contribution in [0.25, 0.3) is 11.1 Å². The number of benzene rings is 2. The van der Waals surface area contributed by atoms with Crippen LogP contribution in [0.1, 0.15) is 199 Å². The average molecular weight is 1240 g/mol. The highest BCUT2D eigenvalue weighted by Crippen LogP contribution is 2.67. The minimum absolute atomic E-state index is 0.0456. The number of hydrogen-bond donors (Lipinski definition) is 0. The average Bonchev–Trinajstić information content (AvgIpc) is 1.71. The molecule has 0 amide bonds. The van der Waals surface area contributed by atoms with E-state index in [1.165, 1.54) is 97.3 Å². The fourth-order valence-electron chi connectivity index (χ4n) is 21.0. The lowest BCUT2D eigenvalue weighted by Gasteiger charge is -2.59. The predicted molar refractivity (Wildman–Crippen MR) is 365 cm³/mol. The molecular formula is C78H108N6O7. The van der Waals surface area contributed by atoms with E-state index < -0.39 is 0 Å². The standard InChI is InChI=1S/C39H53N3O4.C39H55N3O3/c1-26-22-27(32-11-9-29(24-36(32)46-26)42-20-18-41(4)19-21-42)6-5-7-31(44)25-45-40-37-13-12-34-33-10-8-28-23-30(43)14-16-38(28,2)35(33)15-17-39(34,37)3;1-27-24-28(32-12-10-30(26-36(32)45-27)42-21-19-41(4)20-22-42)8-6-5-7-23-44-40-37-14-13-34-33-11-9-29-25-31(43)15-17-38(29,2)35(33)16-18-39(34,37)3/h9,11,22,24,28,33-35H,1,5-8,10,12-21,23,25H2,2-4H3;10,12,24,26,29,33-35H,1,5-9,11,13-23,25H2,2-4H3/b2*40-37-/t28-,33-,34-,35-,38-,39-;29-,33-,34-,35-,38-,39-/m00/s1. The van der Waals surface area contributed by atoms with Crippen LogP contribution < -0.4 is 19.3 Å². The van der Waals surface area contributed by atoms with Gasteiger partial charge in [0.1, 0.15) is 41.2 Å². The summed E-state index contributed by atoms with van der Waals surface area (Å²) in [5, 5.41) is 9.49. The molecule has 492 valence electrons. The Balaban J connectivity index is 0.000000167. The minimum atomic E-state index is 0.0456. The second-order valence-corrected chi connectivity index (χ2v) is 31.6. The first kappa shape index (κ1) is 64.2. The summed E-state index contributed by atoms with van der Waals surface area (Å²) in [7, 11) is 4.36. The van der Waals surface area contributed by atoms with Gasteiger partial charge in [-0.1, -0.05) is 51.2 Å². The molecule has 10 fully saturated rings. The van der Waals surface area contributed by atoms with E-state index in [2.05, 4.69) is 122 Å². The smallest absolute Gasteiger partial charge is 0.175 e. The lowest BCUT2D eigenvalue weighted by Crippen LogP contribution is -2.53. The maximum Gasteiger partial charge on any atom is 0.175 e. The van der Waals surface area contributed by atoms with Crippen LogP contribution in [0.15, 0.2) is 83.5 Å². The van der Waals surface area contributed by atoms with E-state index in [-0.39, 0.29) is 23.2 Å². The Bertz CT molecular complexity index is 3220. The highest BCUT2D eigenvalue weighted by Gasteiger charge is 2.61. The fraction of sp³-hybridized carbons (Fsp3) is 0.679. The van der Waals surface area contributed by atoms with Crippen LogP contribution in [0, 0.1) is 69.0 Å². The molecular weight excluding hydrogens is 1130 g/mol. The molecule has 0 bridgehead atoms. The van der Waals surface area contributed by atoms with Crippen LogP contribution in [0.3, 0.4) is 0 Å². The van der Waals surface area contributed by atoms with Crippen molar-refractivity contribution in [1.29, 1.82) is 0 Å². The summed E-state index contributed by atoms with van der Waals surface area (Å²) in [6.07, 6.45) is 30.3. The number of allylic oxidation sites excluding steroid dienone is 4. The molecule has 0 radical (unpaired) electrons. The van der Waals surface area contributed by atoms with Crippen molar-refractivity contribution < 1.29 is 33.5 Å². The molecule has 4 aliphatic heterocycles. The van der Waals surface area contributed by atoms with E-state index in [0.717, 1.165) is 201 Å². The van der Waals surface area contributed by atoms with Crippen LogP contribution in [0.2, 0.25) is 0 Å². The van der Waals surface area contributed by atoms with Gasteiger partial charge in [-0.3, -0.25) is 14.4 Å². The van der Waals surface area contributed by atoms with Crippen molar-refractivity contribution in [3.8, 4) is 11.5 Å². The monoisotopic (exact) mass is 1240 g/mol. The van der Waals surface area contributed by atoms with E-state index in [1.54, 1.807) is 0 Å². The summed E-state index contributed by atoms with van der Waals surface area (Å²) < 4.78 is 12.1. The first-order valence-corrected chi connectivity index (χ1v) is 36.1. The van der Waals surface area contributed by atoms with E-state index in [4.69, 9.17) is 24.3 Å². The number of ether oxygens (including phenoxy) is 2. The Kier molecular flexibility index (Phi) is 18.8. The number of anilines is 2. The molecule has 2 saturated heterocycles. The quantitative estimate of drug-likeness (QED) is 0.118. The largest absolute Gasteiger partial charge is 0.457 e. The van der Waals surface area contributed by atoms with Crippen molar-refractivity contribution in [2.45, 2.75) is 188 Å². The molecule has 4 heterocycles. The molecule has 8 saturated carbocycles. The summed E-state index contributed by atoms with van der Waals surface area (Å²) >= 11 is 0. The number of oxime groups is 2.